The van der Waals surface area contributed by atoms with E-state index in [1.54, 1.807) is 0 Å². The van der Waals surface area contributed by atoms with Gasteiger partial charge in [-0.25, -0.2) is 0 Å². The summed E-state index contributed by atoms with van der Waals surface area (Å²) in [4.78, 5) is 43.4. The summed E-state index contributed by atoms with van der Waals surface area (Å²) in [6, 6.07) is 25.6. The lowest BCUT2D eigenvalue weighted by molar-refractivity contribution is -0.120. The average molecular weight is 617 g/mol. The average Bonchev–Trinajstić information content (AvgIpc) is 2.98. The fourth-order valence-corrected chi connectivity index (χ4v) is 7.39. The molecule has 0 aromatic heterocycles. The summed E-state index contributed by atoms with van der Waals surface area (Å²) < 4.78 is 5.98. The van der Waals surface area contributed by atoms with Crippen molar-refractivity contribution in [2.45, 2.75) is 72.6 Å². The van der Waals surface area contributed by atoms with Crippen molar-refractivity contribution in [3.63, 3.8) is 0 Å². The zero-order valence-corrected chi connectivity index (χ0v) is 27.6. The van der Waals surface area contributed by atoms with Crippen LogP contribution in [0.5, 0.6) is 5.75 Å². The topological polar surface area (TPSA) is 75.7 Å². The fraction of sp³-hybridized carbons (Fsp3) is 0.375. The molecule has 3 aliphatic rings. The van der Waals surface area contributed by atoms with Gasteiger partial charge in [-0.1, -0.05) is 82.3 Å². The molecule has 6 nitrogen and oxygen atoms in total. The highest BCUT2D eigenvalue weighted by Gasteiger charge is 2.48. The summed E-state index contributed by atoms with van der Waals surface area (Å²) in [6.45, 7) is 11.2. The number of ether oxygens (including phenoxy) is 1. The van der Waals surface area contributed by atoms with E-state index in [1.807, 2.05) is 61.5 Å². The number of hydrogen-bond acceptors (Lipinski definition) is 5. The Hall–Kier alpha value is -4.45. The molecule has 0 bridgehead atoms. The molecule has 0 spiro atoms. The van der Waals surface area contributed by atoms with E-state index in [1.165, 1.54) is 5.56 Å². The van der Waals surface area contributed by atoms with E-state index in [-0.39, 0.29) is 34.9 Å². The number of Topliss-reactive ketones (excluding diaryl/α,β-unsaturated/α-hetero) is 2. The van der Waals surface area contributed by atoms with Crippen LogP contribution < -0.4 is 10.1 Å². The van der Waals surface area contributed by atoms with Gasteiger partial charge in [-0.05, 0) is 78.0 Å². The number of benzene rings is 3. The third kappa shape index (κ3) is 6.72. The Balaban J connectivity index is 1.37. The first kappa shape index (κ1) is 31.5. The van der Waals surface area contributed by atoms with Crippen molar-refractivity contribution in [2.24, 2.45) is 10.8 Å². The normalized spacial score (nSPS) is 19.1. The molecule has 3 aromatic rings. The van der Waals surface area contributed by atoms with Crippen LogP contribution >= 0.6 is 0 Å². The maximum atomic E-state index is 14.2. The second kappa shape index (κ2) is 12.4. The molecule has 0 radical (unpaired) electrons. The minimum Gasteiger partial charge on any atom is -0.484 e. The highest BCUT2D eigenvalue weighted by Crippen LogP contribution is 2.54. The van der Waals surface area contributed by atoms with E-state index in [9.17, 15) is 14.4 Å². The minimum atomic E-state index is -0.463. The van der Waals surface area contributed by atoms with Crippen molar-refractivity contribution < 1.29 is 19.1 Å². The second-order valence-corrected chi connectivity index (χ2v) is 14.7. The molecule has 6 rings (SSSR count). The number of nitrogens with zero attached hydrogens (tertiary/aromatic N) is 1. The monoisotopic (exact) mass is 616 g/mol. The number of nitrogens with one attached hydrogen (secondary N) is 1. The van der Waals surface area contributed by atoms with Gasteiger partial charge in [0, 0.05) is 53.5 Å². The van der Waals surface area contributed by atoms with Gasteiger partial charge >= 0.3 is 0 Å². The van der Waals surface area contributed by atoms with Crippen LogP contribution in [-0.2, 0) is 20.8 Å². The highest BCUT2D eigenvalue weighted by molar-refractivity contribution is 6.06. The molecule has 0 saturated heterocycles. The van der Waals surface area contributed by atoms with Crippen LogP contribution in [0.1, 0.15) is 76.0 Å². The number of amides is 1. The molecule has 2 aliphatic carbocycles. The molecule has 1 N–H and O–H groups in total. The van der Waals surface area contributed by atoms with Crippen molar-refractivity contribution in [3.8, 4) is 5.75 Å². The van der Waals surface area contributed by atoms with E-state index in [4.69, 9.17) is 4.74 Å². The third-order valence-corrected chi connectivity index (χ3v) is 9.35. The van der Waals surface area contributed by atoms with E-state index in [2.05, 4.69) is 62.2 Å². The van der Waals surface area contributed by atoms with E-state index in [0.29, 0.717) is 25.1 Å². The lowest BCUT2D eigenvalue weighted by Gasteiger charge is -2.49. The Labute approximate surface area is 272 Å². The van der Waals surface area contributed by atoms with Crippen molar-refractivity contribution in [2.75, 3.05) is 18.5 Å². The molecule has 1 amide bonds. The van der Waals surface area contributed by atoms with Crippen molar-refractivity contribution in [1.29, 1.82) is 0 Å². The van der Waals surface area contributed by atoms with Crippen LogP contribution in [0.2, 0.25) is 0 Å². The maximum Gasteiger partial charge on any atom is 0.262 e. The van der Waals surface area contributed by atoms with Crippen LogP contribution in [0.3, 0.4) is 0 Å². The highest BCUT2D eigenvalue weighted by atomic mass is 16.5. The summed E-state index contributed by atoms with van der Waals surface area (Å²) in [6.07, 6.45) is 3.22. The largest absolute Gasteiger partial charge is 0.484 e. The number of aryl methyl sites for hydroxylation is 1. The molecule has 1 heterocycles. The Morgan fingerprint density at radius 3 is 2.07 bits per heavy atom. The standard InChI is InChI=1S/C40H44N2O4/c1-26-11-9-15-29(19-26)41-35(45)25-46-30-16-10-14-28(20-30)36-37-31(21-39(2,3)23-33(37)43)42(18-17-27-12-7-6-8-13-27)32-22-40(4,5)24-34(44)38(32)36/h6-16,19-20,36H,17-18,21-25H2,1-5H3,(H,41,45). The van der Waals surface area contributed by atoms with Gasteiger partial charge in [-0.2, -0.15) is 0 Å². The van der Waals surface area contributed by atoms with Crippen molar-refractivity contribution in [3.05, 3.63) is 118 Å². The van der Waals surface area contributed by atoms with Crippen LogP contribution in [0.25, 0.3) is 0 Å². The predicted octanol–water partition coefficient (Wildman–Crippen LogP) is 7.94. The molecule has 238 valence electrons. The first-order valence-corrected chi connectivity index (χ1v) is 16.3. The number of allylic oxidation sites excluding steroid dienone is 4. The molecule has 0 saturated carbocycles. The zero-order chi connectivity index (χ0) is 32.6. The molecule has 46 heavy (non-hydrogen) atoms. The minimum absolute atomic E-state index is 0.106. The number of rotatable bonds is 8. The smallest absolute Gasteiger partial charge is 0.262 e. The second-order valence-electron chi connectivity index (χ2n) is 14.7. The SMILES string of the molecule is Cc1cccc(NC(=O)COc2cccc(C3C4=C(CC(C)(C)CC4=O)N(CCc4ccccc4)C4=C3C(=O)CC(C)(C)C4)c2)c1. The number of carbonyl (C=O) groups is 3. The Bertz CT molecular complexity index is 1690. The van der Waals surface area contributed by atoms with Gasteiger partial charge in [0.1, 0.15) is 5.75 Å². The number of ketones is 2. The van der Waals surface area contributed by atoms with Gasteiger partial charge in [0.2, 0.25) is 0 Å². The van der Waals surface area contributed by atoms with E-state index in [0.717, 1.165) is 58.6 Å². The van der Waals surface area contributed by atoms with Gasteiger partial charge in [-0.3, -0.25) is 14.4 Å². The van der Waals surface area contributed by atoms with Crippen molar-refractivity contribution >= 4 is 23.2 Å². The molecule has 0 fully saturated rings. The Morgan fingerprint density at radius 1 is 0.804 bits per heavy atom. The Kier molecular flexibility index (Phi) is 8.49. The molecule has 0 atom stereocenters. The molecule has 0 unspecified atom stereocenters. The summed E-state index contributed by atoms with van der Waals surface area (Å²) in [5.41, 5.74) is 7.07. The van der Waals surface area contributed by atoms with Gasteiger partial charge in [0.05, 0.1) is 0 Å². The lowest BCUT2D eigenvalue weighted by atomic mass is 9.63. The number of carbonyl (C=O) groups excluding carboxylic acids is 3. The van der Waals surface area contributed by atoms with E-state index < -0.39 is 5.92 Å². The zero-order valence-electron chi connectivity index (χ0n) is 27.6. The summed E-state index contributed by atoms with van der Waals surface area (Å²) in [5.74, 6) is 0.0183. The predicted molar refractivity (Wildman–Crippen MR) is 181 cm³/mol. The first-order chi connectivity index (χ1) is 21.9. The van der Waals surface area contributed by atoms with Crippen LogP contribution in [-0.4, -0.2) is 35.5 Å². The Morgan fingerprint density at radius 2 is 1.43 bits per heavy atom. The van der Waals surface area contributed by atoms with Gasteiger partial charge in [0.15, 0.2) is 18.2 Å². The molecular weight excluding hydrogens is 572 g/mol. The molecule has 6 heteroatoms. The maximum absolute atomic E-state index is 14.2. The number of hydrogen-bond donors (Lipinski definition) is 1. The first-order valence-electron chi connectivity index (χ1n) is 16.3. The van der Waals surface area contributed by atoms with Crippen LogP contribution in [0, 0.1) is 17.8 Å². The van der Waals surface area contributed by atoms with Gasteiger partial charge in [-0.15, -0.1) is 0 Å². The van der Waals surface area contributed by atoms with E-state index >= 15 is 0 Å². The van der Waals surface area contributed by atoms with Gasteiger partial charge < -0.3 is 15.0 Å². The summed E-state index contributed by atoms with van der Waals surface area (Å²) >= 11 is 0. The lowest BCUT2D eigenvalue weighted by Crippen LogP contribution is -2.45. The van der Waals surface area contributed by atoms with Gasteiger partial charge in [0.25, 0.3) is 5.91 Å². The van der Waals surface area contributed by atoms with Crippen LogP contribution in [0.4, 0.5) is 5.69 Å². The third-order valence-electron chi connectivity index (χ3n) is 9.35. The quantitative estimate of drug-likeness (QED) is 0.278. The summed E-state index contributed by atoms with van der Waals surface area (Å²) in [5, 5.41) is 2.89. The number of anilines is 1. The van der Waals surface area contributed by atoms with Crippen molar-refractivity contribution in [1.82, 2.24) is 4.90 Å². The van der Waals surface area contributed by atoms with Crippen LogP contribution in [0.15, 0.2) is 101 Å². The molecule has 1 aliphatic heterocycles. The molecule has 3 aromatic carbocycles. The summed E-state index contributed by atoms with van der Waals surface area (Å²) in [7, 11) is 0. The fourth-order valence-electron chi connectivity index (χ4n) is 7.39. The molecular formula is C40H44N2O4.